The molecule has 2 nitrogen and oxygen atoms in total. The lowest BCUT2D eigenvalue weighted by atomic mass is 10.1. The van der Waals surface area contributed by atoms with Crippen molar-refractivity contribution < 1.29 is 0 Å². The minimum atomic E-state index is 0.339. The molecule has 1 unspecified atom stereocenters. The lowest BCUT2D eigenvalue weighted by Crippen LogP contribution is -2.17. The molecular weight excluding hydrogens is 284 g/mol. The molecule has 0 amide bonds. The Bertz CT molecular complexity index is 442. The number of halogens is 1. The molecule has 0 saturated heterocycles. The first-order chi connectivity index (χ1) is 7.81. The lowest BCUT2D eigenvalue weighted by Gasteiger charge is -2.14. The van der Waals surface area contributed by atoms with E-state index in [1.54, 1.807) is 11.3 Å². The Morgan fingerprint density at radius 1 is 1.44 bits per heavy atom. The van der Waals surface area contributed by atoms with Crippen molar-refractivity contribution in [3.8, 4) is 0 Å². The monoisotopic (exact) mass is 296 g/mol. The molecule has 2 aromatic rings. The van der Waals surface area contributed by atoms with Crippen molar-refractivity contribution in [2.24, 2.45) is 0 Å². The number of thiazole rings is 1. The zero-order valence-electron chi connectivity index (χ0n) is 8.98. The highest BCUT2D eigenvalue weighted by Gasteiger charge is 2.12. The van der Waals surface area contributed by atoms with Gasteiger partial charge in [-0.3, -0.25) is 4.98 Å². The van der Waals surface area contributed by atoms with Crippen LogP contribution in [0.3, 0.4) is 0 Å². The lowest BCUT2D eigenvalue weighted by molar-refractivity contribution is 0.600. The first-order valence-electron chi connectivity index (χ1n) is 5.10. The van der Waals surface area contributed by atoms with Crippen LogP contribution in [0.2, 0.25) is 0 Å². The Hall–Kier alpha value is -0.710. The van der Waals surface area contributed by atoms with Crippen LogP contribution in [0, 0.1) is 0 Å². The Morgan fingerprint density at radius 3 is 2.88 bits per heavy atom. The van der Waals surface area contributed by atoms with E-state index in [9.17, 15) is 0 Å². The van der Waals surface area contributed by atoms with E-state index in [0.717, 1.165) is 6.42 Å². The maximum atomic E-state index is 4.12. The molecular formula is C12H13BrN2S. The summed E-state index contributed by atoms with van der Waals surface area (Å²) in [6, 6.07) is 8.67. The molecule has 84 valence electrons. The Labute approximate surface area is 108 Å². The van der Waals surface area contributed by atoms with Gasteiger partial charge in [0, 0.05) is 21.6 Å². The van der Waals surface area contributed by atoms with E-state index in [1.807, 2.05) is 24.8 Å². The molecule has 1 aromatic carbocycles. The average Bonchev–Trinajstić information content (AvgIpc) is 2.81. The van der Waals surface area contributed by atoms with E-state index in [2.05, 4.69) is 44.4 Å². The maximum Gasteiger partial charge on any atom is 0.0794 e. The normalized spacial score (nSPS) is 12.6. The first-order valence-corrected chi connectivity index (χ1v) is 6.77. The standard InChI is InChI=1S/C12H13BrN2S/c1-14-11(12-7-15-8-16-12)6-9-4-2-3-5-10(9)13/h2-5,7-8,11,14H,6H2,1H3. The van der Waals surface area contributed by atoms with Crippen LogP contribution in [-0.2, 0) is 6.42 Å². The van der Waals surface area contributed by atoms with Gasteiger partial charge in [0.1, 0.15) is 0 Å². The van der Waals surface area contributed by atoms with Crippen LogP contribution in [0.5, 0.6) is 0 Å². The fourth-order valence-corrected chi connectivity index (χ4v) is 2.80. The largest absolute Gasteiger partial charge is 0.312 e. The number of aromatic nitrogens is 1. The Morgan fingerprint density at radius 2 is 2.25 bits per heavy atom. The zero-order valence-corrected chi connectivity index (χ0v) is 11.4. The minimum Gasteiger partial charge on any atom is -0.312 e. The molecule has 0 radical (unpaired) electrons. The molecule has 0 aliphatic carbocycles. The molecule has 0 saturated carbocycles. The molecule has 0 bridgehead atoms. The van der Waals surface area contributed by atoms with Crippen molar-refractivity contribution in [2.75, 3.05) is 7.05 Å². The molecule has 0 aliphatic rings. The molecule has 1 heterocycles. The Balaban J connectivity index is 2.17. The van der Waals surface area contributed by atoms with Crippen molar-refractivity contribution in [3.63, 3.8) is 0 Å². The summed E-state index contributed by atoms with van der Waals surface area (Å²) in [5.41, 5.74) is 3.19. The molecule has 4 heteroatoms. The van der Waals surface area contributed by atoms with Gasteiger partial charge in [0.2, 0.25) is 0 Å². The summed E-state index contributed by atoms with van der Waals surface area (Å²) in [4.78, 5) is 5.40. The fraction of sp³-hybridized carbons (Fsp3) is 0.250. The van der Waals surface area contributed by atoms with Crippen LogP contribution in [-0.4, -0.2) is 12.0 Å². The molecule has 1 atom stereocenters. The average molecular weight is 297 g/mol. The van der Waals surface area contributed by atoms with E-state index in [1.165, 1.54) is 14.9 Å². The molecule has 1 aromatic heterocycles. The SMILES string of the molecule is CNC(Cc1ccccc1Br)c1cncs1. The highest BCUT2D eigenvalue weighted by molar-refractivity contribution is 9.10. The van der Waals surface area contributed by atoms with E-state index >= 15 is 0 Å². The van der Waals surface area contributed by atoms with Crippen LogP contribution >= 0.6 is 27.3 Å². The number of likely N-dealkylation sites (N-methyl/N-ethyl adjacent to an activating group) is 1. The second kappa shape index (κ2) is 5.57. The molecule has 1 N–H and O–H groups in total. The van der Waals surface area contributed by atoms with Gasteiger partial charge < -0.3 is 5.32 Å². The summed E-state index contributed by atoms with van der Waals surface area (Å²) >= 11 is 5.27. The summed E-state index contributed by atoms with van der Waals surface area (Å²) in [6.07, 6.45) is 2.91. The van der Waals surface area contributed by atoms with Gasteiger partial charge in [0.25, 0.3) is 0 Å². The minimum absolute atomic E-state index is 0.339. The van der Waals surface area contributed by atoms with Gasteiger partial charge in [-0.2, -0.15) is 0 Å². The molecule has 16 heavy (non-hydrogen) atoms. The molecule has 0 fully saturated rings. The number of nitrogens with zero attached hydrogens (tertiary/aromatic N) is 1. The Kier molecular flexibility index (Phi) is 4.09. The second-order valence-electron chi connectivity index (χ2n) is 3.54. The van der Waals surface area contributed by atoms with Crippen LogP contribution in [0.1, 0.15) is 16.5 Å². The predicted octanol–water partition coefficient (Wildman–Crippen LogP) is 3.41. The van der Waals surface area contributed by atoms with Gasteiger partial charge in [0.05, 0.1) is 5.51 Å². The number of nitrogens with one attached hydrogen (secondary N) is 1. The highest BCUT2D eigenvalue weighted by atomic mass is 79.9. The topological polar surface area (TPSA) is 24.9 Å². The van der Waals surface area contributed by atoms with Crippen molar-refractivity contribution in [2.45, 2.75) is 12.5 Å². The fourth-order valence-electron chi connectivity index (χ4n) is 1.63. The summed E-state index contributed by atoms with van der Waals surface area (Å²) in [5.74, 6) is 0. The van der Waals surface area contributed by atoms with Crippen LogP contribution in [0.4, 0.5) is 0 Å². The van der Waals surface area contributed by atoms with Crippen molar-refractivity contribution in [3.05, 3.63) is 50.9 Å². The third-order valence-electron chi connectivity index (χ3n) is 2.53. The zero-order chi connectivity index (χ0) is 11.4. The van der Waals surface area contributed by atoms with E-state index in [0.29, 0.717) is 6.04 Å². The van der Waals surface area contributed by atoms with Gasteiger partial charge in [-0.15, -0.1) is 11.3 Å². The summed E-state index contributed by atoms with van der Waals surface area (Å²) in [5, 5.41) is 3.33. The van der Waals surface area contributed by atoms with Gasteiger partial charge in [-0.05, 0) is 25.1 Å². The third-order valence-corrected chi connectivity index (χ3v) is 4.19. The van der Waals surface area contributed by atoms with Gasteiger partial charge >= 0.3 is 0 Å². The first kappa shape index (κ1) is 11.8. The maximum absolute atomic E-state index is 4.12. The highest BCUT2D eigenvalue weighted by Crippen LogP contribution is 2.25. The van der Waals surface area contributed by atoms with Crippen LogP contribution < -0.4 is 5.32 Å². The van der Waals surface area contributed by atoms with Gasteiger partial charge in [0.15, 0.2) is 0 Å². The number of hydrogen-bond acceptors (Lipinski definition) is 3. The number of benzene rings is 1. The number of hydrogen-bond donors (Lipinski definition) is 1. The summed E-state index contributed by atoms with van der Waals surface area (Å²) in [7, 11) is 1.99. The van der Waals surface area contributed by atoms with Crippen molar-refractivity contribution in [1.29, 1.82) is 0 Å². The quantitative estimate of drug-likeness (QED) is 0.935. The van der Waals surface area contributed by atoms with E-state index in [4.69, 9.17) is 0 Å². The summed E-state index contributed by atoms with van der Waals surface area (Å²) in [6.45, 7) is 0. The van der Waals surface area contributed by atoms with Crippen molar-refractivity contribution in [1.82, 2.24) is 10.3 Å². The van der Waals surface area contributed by atoms with Gasteiger partial charge in [-0.25, -0.2) is 0 Å². The smallest absolute Gasteiger partial charge is 0.0794 e. The third kappa shape index (κ3) is 2.70. The second-order valence-corrected chi connectivity index (χ2v) is 5.31. The molecule has 0 aliphatic heterocycles. The number of rotatable bonds is 4. The molecule has 0 spiro atoms. The van der Waals surface area contributed by atoms with Gasteiger partial charge in [-0.1, -0.05) is 34.1 Å². The predicted molar refractivity (Wildman–Crippen MR) is 71.8 cm³/mol. The summed E-state index contributed by atoms with van der Waals surface area (Å²) < 4.78 is 1.17. The van der Waals surface area contributed by atoms with E-state index in [-0.39, 0.29) is 0 Å². The van der Waals surface area contributed by atoms with Crippen molar-refractivity contribution >= 4 is 27.3 Å². The van der Waals surface area contributed by atoms with E-state index < -0.39 is 0 Å². The molecule has 2 rings (SSSR count). The van der Waals surface area contributed by atoms with Crippen LogP contribution in [0.15, 0.2) is 40.4 Å². The van der Waals surface area contributed by atoms with Crippen LogP contribution in [0.25, 0.3) is 0 Å².